The Balaban J connectivity index is 4.61. The second-order valence-corrected chi connectivity index (χ2v) is 2.77. The highest BCUT2D eigenvalue weighted by molar-refractivity contribution is 5.93. The van der Waals surface area contributed by atoms with Gasteiger partial charge in [0.15, 0.2) is 0 Å². The van der Waals surface area contributed by atoms with Crippen LogP contribution < -0.4 is 0 Å². The van der Waals surface area contributed by atoms with E-state index in [1.807, 2.05) is 0 Å². The van der Waals surface area contributed by atoms with Crippen molar-refractivity contribution in [3.05, 3.63) is 11.1 Å². The van der Waals surface area contributed by atoms with E-state index in [0.29, 0.717) is 5.57 Å². The molecule has 0 radical (unpaired) electrons. The number of nitrogens with zero attached hydrogens (tertiary/aromatic N) is 1. The first-order valence-electron chi connectivity index (χ1n) is 4.43. The van der Waals surface area contributed by atoms with Gasteiger partial charge in [0.2, 0.25) is 0 Å². The van der Waals surface area contributed by atoms with Crippen LogP contribution in [0.3, 0.4) is 0 Å². The topological polar surface area (TPSA) is 76.4 Å². The van der Waals surface area contributed by atoms with Crippen LogP contribution in [0, 0.1) is 11.3 Å². The summed E-state index contributed by atoms with van der Waals surface area (Å²) < 4.78 is 9.32. The Morgan fingerprint density at radius 2 is 1.87 bits per heavy atom. The summed E-state index contributed by atoms with van der Waals surface area (Å²) in [6.07, 6.45) is 0. The summed E-state index contributed by atoms with van der Waals surface area (Å²) in [5, 5.41) is 8.71. The molecule has 0 heterocycles. The Labute approximate surface area is 88.3 Å². The third-order valence-electron chi connectivity index (χ3n) is 1.51. The first kappa shape index (κ1) is 13.2. The average molecular weight is 211 g/mol. The maximum atomic E-state index is 11.2. The van der Waals surface area contributed by atoms with Crippen LogP contribution in [-0.4, -0.2) is 25.2 Å². The average Bonchev–Trinajstić information content (AvgIpc) is 2.16. The molecular weight excluding hydrogens is 198 g/mol. The van der Waals surface area contributed by atoms with E-state index in [0.717, 1.165) is 0 Å². The van der Waals surface area contributed by atoms with E-state index in [2.05, 4.69) is 9.47 Å². The van der Waals surface area contributed by atoms with Crippen molar-refractivity contribution in [3.8, 4) is 6.07 Å². The van der Waals surface area contributed by atoms with Gasteiger partial charge in [-0.15, -0.1) is 0 Å². The van der Waals surface area contributed by atoms with E-state index in [-0.39, 0.29) is 18.8 Å². The molecule has 0 aromatic carbocycles. The van der Waals surface area contributed by atoms with Crippen molar-refractivity contribution >= 4 is 11.9 Å². The Morgan fingerprint density at radius 3 is 2.27 bits per heavy atom. The lowest BCUT2D eigenvalue weighted by Gasteiger charge is -2.05. The van der Waals surface area contributed by atoms with E-state index >= 15 is 0 Å². The second kappa shape index (κ2) is 6.60. The molecule has 0 aliphatic heterocycles. The summed E-state index contributed by atoms with van der Waals surface area (Å²) in [5.74, 6) is -1.15. The molecule has 0 fully saturated rings. The summed E-state index contributed by atoms with van der Waals surface area (Å²) in [6.45, 7) is 4.57. The van der Waals surface area contributed by atoms with Crippen molar-refractivity contribution < 1.29 is 19.1 Å². The second-order valence-electron chi connectivity index (χ2n) is 2.77. The molecule has 0 saturated heterocycles. The van der Waals surface area contributed by atoms with Crippen LogP contribution in [0.25, 0.3) is 0 Å². The van der Waals surface area contributed by atoms with Crippen molar-refractivity contribution in [1.82, 2.24) is 0 Å². The minimum atomic E-state index is -0.690. The van der Waals surface area contributed by atoms with Crippen molar-refractivity contribution in [2.24, 2.45) is 0 Å². The number of hydrogen-bond donors (Lipinski definition) is 0. The Kier molecular flexibility index (Phi) is 5.79. The molecule has 15 heavy (non-hydrogen) atoms. The van der Waals surface area contributed by atoms with Crippen molar-refractivity contribution in [2.45, 2.75) is 20.8 Å². The third kappa shape index (κ3) is 4.81. The first-order chi connectivity index (χ1) is 7.02. The third-order valence-corrected chi connectivity index (χ3v) is 1.51. The maximum Gasteiger partial charge on any atom is 0.348 e. The van der Waals surface area contributed by atoms with E-state index in [1.54, 1.807) is 19.9 Å². The summed E-state index contributed by atoms with van der Waals surface area (Å²) in [4.78, 5) is 21.7. The molecule has 5 heteroatoms. The molecule has 0 atom stereocenters. The minimum absolute atomic E-state index is 0.0724. The van der Waals surface area contributed by atoms with Crippen molar-refractivity contribution in [1.29, 1.82) is 5.26 Å². The van der Waals surface area contributed by atoms with E-state index in [4.69, 9.17) is 5.26 Å². The molecule has 0 aromatic rings. The van der Waals surface area contributed by atoms with Crippen LogP contribution >= 0.6 is 0 Å². The summed E-state index contributed by atoms with van der Waals surface area (Å²) >= 11 is 0. The Bertz CT molecular complexity index is 325. The fraction of sp³-hybridized carbons (Fsp3) is 0.500. The zero-order valence-electron chi connectivity index (χ0n) is 8.99. The number of hydrogen-bond acceptors (Lipinski definition) is 5. The van der Waals surface area contributed by atoms with Gasteiger partial charge in [-0.05, 0) is 19.4 Å². The molecule has 0 aliphatic rings. The van der Waals surface area contributed by atoms with Crippen molar-refractivity contribution in [3.63, 3.8) is 0 Å². The molecule has 0 aromatic heterocycles. The van der Waals surface area contributed by atoms with Gasteiger partial charge in [0.1, 0.15) is 18.2 Å². The SMILES string of the molecule is CCOC(=O)C(C#N)=C(C)COC(C)=O. The van der Waals surface area contributed by atoms with Gasteiger partial charge in [-0.3, -0.25) is 4.79 Å². The van der Waals surface area contributed by atoms with Gasteiger partial charge in [-0.25, -0.2) is 4.79 Å². The summed E-state index contributed by atoms with van der Waals surface area (Å²) in [6, 6.07) is 1.72. The zero-order valence-corrected chi connectivity index (χ0v) is 8.99. The first-order valence-corrected chi connectivity index (χ1v) is 4.43. The monoisotopic (exact) mass is 211 g/mol. The fourth-order valence-corrected chi connectivity index (χ4v) is 0.801. The van der Waals surface area contributed by atoms with Gasteiger partial charge < -0.3 is 9.47 Å². The minimum Gasteiger partial charge on any atom is -0.462 e. The van der Waals surface area contributed by atoms with Crippen LogP contribution in [-0.2, 0) is 19.1 Å². The van der Waals surface area contributed by atoms with Crippen LogP contribution in [0.5, 0.6) is 0 Å². The fourth-order valence-electron chi connectivity index (χ4n) is 0.801. The van der Waals surface area contributed by atoms with Crippen molar-refractivity contribution in [2.75, 3.05) is 13.2 Å². The molecule has 0 amide bonds. The Hall–Kier alpha value is -1.83. The molecule has 0 spiro atoms. The van der Waals surface area contributed by atoms with E-state index < -0.39 is 11.9 Å². The lowest BCUT2D eigenvalue weighted by molar-refractivity contribution is -0.141. The maximum absolute atomic E-state index is 11.2. The lowest BCUT2D eigenvalue weighted by Crippen LogP contribution is -2.11. The van der Waals surface area contributed by atoms with Crippen LogP contribution in [0.1, 0.15) is 20.8 Å². The largest absolute Gasteiger partial charge is 0.462 e. The molecule has 0 aliphatic carbocycles. The number of esters is 2. The Morgan fingerprint density at radius 1 is 1.27 bits per heavy atom. The summed E-state index contributed by atoms with van der Waals surface area (Å²) in [5.41, 5.74) is 0.268. The molecule has 5 nitrogen and oxygen atoms in total. The summed E-state index contributed by atoms with van der Waals surface area (Å²) in [7, 11) is 0. The van der Waals surface area contributed by atoms with E-state index in [1.165, 1.54) is 6.92 Å². The number of ether oxygens (including phenoxy) is 2. The predicted octanol–water partition coefficient (Wildman–Crippen LogP) is 0.953. The van der Waals surface area contributed by atoms with Gasteiger partial charge in [0.25, 0.3) is 0 Å². The van der Waals surface area contributed by atoms with Gasteiger partial charge in [-0.2, -0.15) is 5.26 Å². The van der Waals surface area contributed by atoms with Gasteiger partial charge >= 0.3 is 11.9 Å². The van der Waals surface area contributed by atoms with E-state index in [9.17, 15) is 9.59 Å². The number of rotatable bonds is 4. The number of carbonyl (C=O) groups excluding carboxylic acids is 2. The quantitative estimate of drug-likeness (QED) is 0.393. The lowest BCUT2D eigenvalue weighted by atomic mass is 10.1. The van der Waals surface area contributed by atoms with Gasteiger partial charge in [0.05, 0.1) is 6.61 Å². The highest BCUT2D eigenvalue weighted by atomic mass is 16.5. The highest BCUT2D eigenvalue weighted by Crippen LogP contribution is 2.06. The molecule has 0 unspecified atom stereocenters. The molecule has 0 saturated carbocycles. The van der Waals surface area contributed by atoms with Gasteiger partial charge in [-0.1, -0.05) is 0 Å². The number of carbonyl (C=O) groups is 2. The number of nitriles is 1. The zero-order chi connectivity index (χ0) is 11.8. The molecular formula is C10H13NO4. The normalized spacial score (nSPS) is 11.1. The predicted molar refractivity (Wildman–Crippen MR) is 51.6 cm³/mol. The van der Waals surface area contributed by atoms with Crippen LogP contribution in [0.4, 0.5) is 0 Å². The smallest absolute Gasteiger partial charge is 0.348 e. The van der Waals surface area contributed by atoms with Crippen LogP contribution in [0.2, 0.25) is 0 Å². The molecule has 0 bridgehead atoms. The molecule has 0 rings (SSSR count). The van der Waals surface area contributed by atoms with Crippen LogP contribution in [0.15, 0.2) is 11.1 Å². The highest BCUT2D eigenvalue weighted by Gasteiger charge is 2.14. The van der Waals surface area contributed by atoms with Gasteiger partial charge in [0, 0.05) is 6.92 Å². The standard InChI is InChI=1S/C10H13NO4/c1-4-14-10(13)9(5-11)7(2)6-15-8(3)12/h4,6H2,1-3H3. The molecule has 82 valence electrons. The molecule has 0 N–H and O–H groups in total.